The molecule has 1 saturated carbocycles. The number of piperidine rings is 1. The lowest BCUT2D eigenvalue weighted by Crippen LogP contribution is -2.56. The van der Waals surface area contributed by atoms with Crippen LogP contribution in [-0.2, 0) is 4.74 Å². The Kier molecular flexibility index (Phi) is 4.48. The molecular weight excluding hydrogens is 294 g/mol. The van der Waals surface area contributed by atoms with Crippen LogP contribution in [0.2, 0.25) is 0 Å². The lowest BCUT2D eigenvalue weighted by atomic mass is 9.66. The SMILES string of the molecule is COC(=O)N1CC[C@@]2(O)CCCC[C@@H]2[C@H]1c1ccc(OC)cc1. The molecule has 1 N–H and O–H groups in total. The summed E-state index contributed by atoms with van der Waals surface area (Å²) >= 11 is 0. The molecule has 126 valence electrons. The molecule has 0 spiro atoms. The zero-order valence-electron chi connectivity index (χ0n) is 13.8. The van der Waals surface area contributed by atoms with Crippen molar-refractivity contribution in [3.05, 3.63) is 29.8 Å². The van der Waals surface area contributed by atoms with E-state index in [1.165, 1.54) is 7.11 Å². The molecule has 2 fully saturated rings. The molecular formula is C18H25NO4. The molecule has 0 bridgehead atoms. The fourth-order valence-electron chi connectivity index (χ4n) is 4.22. The number of likely N-dealkylation sites (tertiary alicyclic amines) is 1. The number of carbonyl (C=O) groups excluding carboxylic acids is 1. The normalized spacial score (nSPS) is 30.5. The third-order valence-corrected chi connectivity index (χ3v) is 5.43. The van der Waals surface area contributed by atoms with Crippen LogP contribution in [0.15, 0.2) is 24.3 Å². The molecule has 5 heteroatoms. The number of rotatable bonds is 2. The van der Waals surface area contributed by atoms with Gasteiger partial charge in [0.25, 0.3) is 0 Å². The molecule has 1 heterocycles. The van der Waals surface area contributed by atoms with Crippen LogP contribution in [0.4, 0.5) is 4.79 Å². The highest BCUT2D eigenvalue weighted by atomic mass is 16.5. The summed E-state index contributed by atoms with van der Waals surface area (Å²) in [5.74, 6) is 0.838. The molecule has 5 nitrogen and oxygen atoms in total. The van der Waals surface area contributed by atoms with Crippen LogP contribution in [0.5, 0.6) is 5.75 Å². The van der Waals surface area contributed by atoms with Crippen molar-refractivity contribution in [3.8, 4) is 5.75 Å². The Morgan fingerprint density at radius 3 is 2.61 bits per heavy atom. The van der Waals surface area contributed by atoms with E-state index >= 15 is 0 Å². The van der Waals surface area contributed by atoms with Gasteiger partial charge in [0.05, 0.1) is 25.9 Å². The van der Waals surface area contributed by atoms with Crippen molar-refractivity contribution in [2.45, 2.75) is 43.7 Å². The minimum Gasteiger partial charge on any atom is -0.497 e. The van der Waals surface area contributed by atoms with Crippen molar-refractivity contribution in [1.29, 1.82) is 0 Å². The average molecular weight is 319 g/mol. The number of fused-ring (bicyclic) bond motifs is 1. The Morgan fingerprint density at radius 2 is 1.96 bits per heavy atom. The zero-order chi connectivity index (χ0) is 16.4. The number of aliphatic hydroxyl groups is 1. The van der Waals surface area contributed by atoms with E-state index in [4.69, 9.17) is 9.47 Å². The maximum absolute atomic E-state index is 12.2. The van der Waals surface area contributed by atoms with Crippen molar-refractivity contribution in [2.24, 2.45) is 5.92 Å². The fraction of sp³-hybridized carbons (Fsp3) is 0.611. The van der Waals surface area contributed by atoms with Gasteiger partial charge >= 0.3 is 6.09 Å². The third-order valence-electron chi connectivity index (χ3n) is 5.43. The van der Waals surface area contributed by atoms with Crippen molar-refractivity contribution >= 4 is 6.09 Å². The van der Waals surface area contributed by atoms with Gasteiger partial charge in [-0.3, -0.25) is 0 Å². The molecule has 2 aliphatic rings. The Morgan fingerprint density at radius 1 is 1.22 bits per heavy atom. The summed E-state index contributed by atoms with van der Waals surface area (Å²) in [6, 6.07) is 7.63. The predicted octanol–water partition coefficient (Wildman–Crippen LogP) is 3.13. The first kappa shape index (κ1) is 16.1. The van der Waals surface area contributed by atoms with E-state index in [0.717, 1.165) is 37.0 Å². The van der Waals surface area contributed by atoms with Gasteiger partial charge in [-0.1, -0.05) is 25.0 Å². The third kappa shape index (κ3) is 2.90. The topological polar surface area (TPSA) is 59.0 Å². The number of benzene rings is 1. The molecule has 1 aliphatic heterocycles. The van der Waals surface area contributed by atoms with Gasteiger partial charge in [0, 0.05) is 12.5 Å². The number of amides is 1. The minimum atomic E-state index is -0.673. The van der Waals surface area contributed by atoms with E-state index < -0.39 is 5.60 Å². The second-order valence-corrected chi connectivity index (χ2v) is 6.59. The summed E-state index contributed by atoms with van der Waals surface area (Å²) in [4.78, 5) is 14.0. The summed E-state index contributed by atoms with van der Waals surface area (Å²) < 4.78 is 10.2. The fourth-order valence-corrected chi connectivity index (χ4v) is 4.22. The van der Waals surface area contributed by atoms with Crippen LogP contribution >= 0.6 is 0 Å². The van der Waals surface area contributed by atoms with Gasteiger partial charge < -0.3 is 19.5 Å². The first-order valence-corrected chi connectivity index (χ1v) is 8.30. The number of methoxy groups -OCH3 is 2. The number of hydrogen-bond acceptors (Lipinski definition) is 4. The smallest absolute Gasteiger partial charge is 0.410 e. The highest BCUT2D eigenvalue weighted by molar-refractivity contribution is 5.68. The Bertz CT molecular complexity index is 559. The van der Waals surface area contributed by atoms with Crippen LogP contribution in [0.25, 0.3) is 0 Å². The van der Waals surface area contributed by atoms with Gasteiger partial charge in [-0.2, -0.15) is 0 Å². The molecule has 23 heavy (non-hydrogen) atoms. The maximum atomic E-state index is 12.2. The van der Waals surface area contributed by atoms with Gasteiger partial charge in [-0.15, -0.1) is 0 Å². The molecule has 0 radical (unpaired) electrons. The van der Waals surface area contributed by atoms with Crippen molar-refractivity contribution in [1.82, 2.24) is 4.90 Å². The van der Waals surface area contributed by atoms with E-state index in [1.807, 2.05) is 24.3 Å². The van der Waals surface area contributed by atoms with Crippen LogP contribution in [0.3, 0.4) is 0 Å². The van der Waals surface area contributed by atoms with Crippen molar-refractivity contribution in [3.63, 3.8) is 0 Å². The molecule has 3 rings (SSSR count). The van der Waals surface area contributed by atoms with E-state index in [9.17, 15) is 9.90 Å². The van der Waals surface area contributed by atoms with Gasteiger partial charge in [-0.05, 0) is 37.0 Å². The van der Waals surface area contributed by atoms with Gasteiger partial charge in [0.15, 0.2) is 0 Å². The summed E-state index contributed by atoms with van der Waals surface area (Å²) in [6.07, 6.45) is 4.20. The number of carbonyl (C=O) groups is 1. The Labute approximate surface area is 137 Å². The quantitative estimate of drug-likeness (QED) is 0.910. The van der Waals surface area contributed by atoms with Crippen molar-refractivity contribution < 1.29 is 19.4 Å². The molecule has 1 aromatic carbocycles. The molecule has 1 amide bonds. The number of ether oxygens (including phenoxy) is 2. The summed E-state index contributed by atoms with van der Waals surface area (Å²) in [7, 11) is 3.05. The monoisotopic (exact) mass is 319 g/mol. The number of nitrogens with zero attached hydrogens (tertiary/aromatic N) is 1. The maximum Gasteiger partial charge on any atom is 0.410 e. The average Bonchev–Trinajstić information content (AvgIpc) is 2.59. The highest BCUT2D eigenvalue weighted by Crippen LogP contribution is 2.49. The lowest BCUT2D eigenvalue weighted by Gasteiger charge is -2.52. The van der Waals surface area contributed by atoms with E-state index in [-0.39, 0.29) is 18.1 Å². The molecule has 1 saturated heterocycles. The van der Waals surface area contributed by atoms with E-state index in [2.05, 4.69) is 0 Å². The minimum absolute atomic E-state index is 0.0532. The molecule has 0 unspecified atom stereocenters. The Balaban J connectivity index is 1.98. The van der Waals surface area contributed by atoms with Crippen LogP contribution < -0.4 is 4.74 Å². The van der Waals surface area contributed by atoms with E-state index in [1.54, 1.807) is 12.0 Å². The van der Waals surface area contributed by atoms with Crippen molar-refractivity contribution in [2.75, 3.05) is 20.8 Å². The van der Waals surface area contributed by atoms with E-state index in [0.29, 0.717) is 13.0 Å². The van der Waals surface area contributed by atoms with Crippen LogP contribution in [-0.4, -0.2) is 42.5 Å². The van der Waals surface area contributed by atoms with Crippen LogP contribution in [0, 0.1) is 5.92 Å². The molecule has 0 aromatic heterocycles. The second kappa shape index (κ2) is 6.40. The predicted molar refractivity (Wildman–Crippen MR) is 86.4 cm³/mol. The van der Waals surface area contributed by atoms with Gasteiger partial charge in [0.1, 0.15) is 5.75 Å². The first-order chi connectivity index (χ1) is 11.1. The summed E-state index contributed by atoms with van der Waals surface area (Å²) in [5.41, 5.74) is 0.356. The highest BCUT2D eigenvalue weighted by Gasteiger charge is 2.50. The first-order valence-electron chi connectivity index (χ1n) is 8.30. The summed E-state index contributed by atoms with van der Waals surface area (Å²) in [6.45, 7) is 0.524. The lowest BCUT2D eigenvalue weighted by molar-refractivity contribution is -0.117. The molecule has 1 aliphatic carbocycles. The zero-order valence-corrected chi connectivity index (χ0v) is 13.8. The molecule has 1 aromatic rings. The second-order valence-electron chi connectivity index (χ2n) is 6.59. The standard InChI is InChI=1S/C18H25NO4/c1-22-14-8-6-13(7-9-14)16-15-5-3-4-10-18(15,21)11-12-19(16)17(20)23-2/h6-9,15-16,21H,3-5,10-12H2,1-2H3/t15-,16-,18+/m1/s1. The number of hydrogen-bond donors (Lipinski definition) is 1. The van der Waals surface area contributed by atoms with Gasteiger partial charge in [-0.25, -0.2) is 4.79 Å². The summed E-state index contributed by atoms with van der Waals surface area (Å²) in [5, 5.41) is 11.1. The van der Waals surface area contributed by atoms with Gasteiger partial charge in [0.2, 0.25) is 0 Å². The largest absolute Gasteiger partial charge is 0.497 e. The Hall–Kier alpha value is -1.75. The van der Waals surface area contributed by atoms with Crippen LogP contribution in [0.1, 0.15) is 43.7 Å². The molecule has 3 atom stereocenters.